The van der Waals surface area contributed by atoms with Crippen LogP contribution in [0.1, 0.15) is 46.6 Å². The van der Waals surface area contributed by atoms with E-state index in [1.54, 1.807) is 0 Å². The number of aliphatic hydroxyl groups excluding tert-OH is 1. The van der Waals surface area contributed by atoms with Gasteiger partial charge in [0.05, 0.1) is 284 Å². The lowest BCUT2D eigenvalue weighted by atomic mass is 9.72. The van der Waals surface area contributed by atoms with Crippen LogP contribution < -0.4 is 4.74 Å². The second kappa shape index (κ2) is 61.2. The van der Waals surface area contributed by atoms with Gasteiger partial charge in [0.1, 0.15) is 12.4 Å². The molecule has 0 fully saturated rings. The summed E-state index contributed by atoms with van der Waals surface area (Å²) in [6, 6.07) is 8.41. The average molecular weight is 1180 g/mol. The van der Waals surface area contributed by atoms with Gasteiger partial charge in [0.2, 0.25) is 0 Å². The molecule has 81 heavy (non-hydrogen) atoms. The molecular weight excluding hydrogens is 1060 g/mol. The molecule has 0 aliphatic carbocycles. The molecule has 0 aliphatic heterocycles. The lowest BCUT2D eigenvalue weighted by Crippen LogP contribution is -2.24. The first kappa shape index (κ1) is 77.2. The Bertz CT molecular complexity index is 1360. The quantitative estimate of drug-likeness (QED) is 0.0906. The fraction of sp³-hybridized carbons (Fsp3) is 0.897. The zero-order valence-corrected chi connectivity index (χ0v) is 50.6. The molecule has 0 bridgehead atoms. The van der Waals surface area contributed by atoms with Crippen LogP contribution in [0.2, 0.25) is 0 Å². The molecule has 0 unspecified atom stereocenters. The van der Waals surface area contributed by atoms with Crippen LogP contribution in [0.25, 0.3) is 0 Å². The maximum atomic E-state index is 8.61. The van der Waals surface area contributed by atoms with E-state index in [4.69, 9.17) is 109 Å². The Morgan fingerprint density at radius 1 is 0.235 bits per heavy atom. The standard InChI is InChI=1S/C58H110O23/c1-57(2,3)54-58(4,5)55-6-8-56(9-7-55)81-53-52-80-51-50-79-49-48-78-47-46-77-45-44-76-43-42-75-41-40-74-39-38-73-37-36-72-35-34-71-33-32-70-31-30-69-29-28-68-27-26-67-25-24-66-23-22-65-21-20-64-19-18-63-17-16-62-15-14-61-13-12-60-11-10-59/h6-9,59H,10-54H2,1-5H3. The van der Waals surface area contributed by atoms with Gasteiger partial charge in [-0.05, 0) is 34.9 Å². The van der Waals surface area contributed by atoms with Crippen LogP contribution in [0, 0.1) is 5.41 Å². The SMILES string of the molecule is CC(C)(C)CC(C)(C)c1ccc(OCCOCCOCCOCCOCCOCCOCCOCCOCCOCCOCCOCCOCCOCCOCCOCCOCCOCCOCCOCCOCCOCCO)cc1. The number of aliphatic hydroxyl groups is 1. The normalized spacial score (nSPS) is 12.1. The van der Waals surface area contributed by atoms with E-state index < -0.39 is 0 Å². The summed E-state index contributed by atoms with van der Waals surface area (Å²) in [6.07, 6.45) is 1.11. The number of hydrogen-bond acceptors (Lipinski definition) is 23. The van der Waals surface area contributed by atoms with Gasteiger partial charge >= 0.3 is 0 Å². The van der Waals surface area contributed by atoms with Crippen LogP contribution in [-0.4, -0.2) is 296 Å². The molecule has 0 saturated carbocycles. The van der Waals surface area contributed by atoms with E-state index in [1.165, 1.54) is 5.56 Å². The summed E-state index contributed by atoms with van der Waals surface area (Å²) >= 11 is 0. The van der Waals surface area contributed by atoms with Crippen LogP contribution in [0.5, 0.6) is 5.75 Å². The maximum Gasteiger partial charge on any atom is 0.119 e. The molecule has 23 heteroatoms. The highest BCUT2D eigenvalue weighted by atomic mass is 16.6. The van der Waals surface area contributed by atoms with Gasteiger partial charge in [-0.1, -0.05) is 46.8 Å². The molecule has 0 atom stereocenters. The van der Waals surface area contributed by atoms with Crippen molar-refractivity contribution in [2.45, 2.75) is 46.5 Å². The summed E-state index contributed by atoms with van der Waals surface area (Å²) in [5, 5.41) is 8.61. The van der Waals surface area contributed by atoms with Crippen molar-refractivity contribution in [2.75, 3.05) is 291 Å². The Kier molecular flexibility index (Phi) is 58.3. The highest BCUT2D eigenvalue weighted by molar-refractivity contribution is 5.31. The molecule has 1 aromatic carbocycles. The summed E-state index contributed by atoms with van der Waals surface area (Å²) in [4.78, 5) is 0. The number of hydrogen-bond donors (Lipinski definition) is 1. The predicted molar refractivity (Wildman–Crippen MR) is 303 cm³/mol. The number of benzene rings is 1. The Hall–Kier alpha value is -1.86. The first-order valence-corrected chi connectivity index (χ1v) is 29.2. The molecular formula is C58H110O23. The van der Waals surface area contributed by atoms with Gasteiger partial charge in [-0.25, -0.2) is 0 Å². The van der Waals surface area contributed by atoms with Gasteiger partial charge in [0.15, 0.2) is 0 Å². The largest absolute Gasteiger partial charge is 0.491 e. The Balaban J connectivity index is 1.63. The molecule has 23 nitrogen and oxygen atoms in total. The van der Waals surface area contributed by atoms with Crippen molar-refractivity contribution in [3.8, 4) is 5.75 Å². The Morgan fingerprint density at radius 2 is 0.395 bits per heavy atom. The van der Waals surface area contributed by atoms with Crippen molar-refractivity contribution < 1.29 is 109 Å². The fourth-order valence-electron chi connectivity index (χ4n) is 7.21. The van der Waals surface area contributed by atoms with E-state index in [2.05, 4.69) is 46.8 Å². The van der Waals surface area contributed by atoms with Gasteiger partial charge in [0, 0.05) is 0 Å². The Morgan fingerprint density at radius 3 is 0.556 bits per heavy atom. The lowest BCUT2D eigenvalue weighted by molar-refractivity contribution is -0.0317. The molecule has 1 aromatic rings. The highest BCUT2D eigenvalue weighted by Crippen LogP contribution is 2.36. The molecule has 1 N–H and O–H groups in total. The average Bonchev–Trinajstić information content (AvgIpc) is 3.46. The highest BCUT2D eigenvalue weighted by Gasteiger charge is 2.27. The molecule has 0 saturated heterocycles. The molecule has 0 heterocycles. The van der Waals surface area contributed by atoms with Crippen molar-refractivity contribution in [1.82, 2.24) is 0 Å². The van der Waals surface area contributed by atoms with Gasteiger partial charge in [-0.15, -0.1) is 0 Å². The van der Waals surface area contributed by atoms with Crippen LogP contribution in [0.3, 0.4) is 0 Å². The molecule has 0 aliphatic rings. The van der Waals surface area contributed by atoms with Gasteiger partial charge in [0.25, 0.3) is 0 Å². The summed E-state index contributed by atoms with van der Waals surface area (Å²) in [5.74, 6) is 0.855. The third-order valence-corrected chi connectivity index (χ3v) is 10.8. The third kappa shape index (κ3) is 59.7. The summed E-state index contributed by atoms with van der Waals surface area (Å²) in [7, 11) is 0. The van der Waals surface area contributed by atoms with Crippen LogP contribution in [0.15, 0.2) is 24.3 Å². The maximum absolute atomic E-state index is 8.61. The summed E-state index contributed by atoms with van der Waals surface area (Å²) in [6.45, 7) is 32.4. The van der Waals surface area contributed by atoms with Crippen LogP contribution in [0.4, 0.5) is 0 Å². The van der Waals surface area contributed by atoms with Crippen molar-refractivity contribution in [1.29, 1.82) is 0 Å². The van der Waals surface area contributed by atoms with Gasteiger partial charge in [-0.2, -0.15) is 0 Å². The molecule has 480 valence electrons. The minimum Gasteiger partial charge on any atom is -0.491 e. The summed E-state index contributed by atoms with van der Waals surface area (Å²) in [5.41, 5.74) is 1.71. The molecule has 0 radical (unpaired) electrons. The van der Waals surface area contributed by atoms with Crippen LogP contribution in [-0.2, 0) is 105 Å². The first-order chi connectivity index (χ1) is 39.7. The van der Waals surface area contributed by atoms with E-state index in [0.29, 0.717) is 284 Å². The fourth-order valence-corrected chi connectivity index (χ4v) is 7.21. The minimum atomic E-state index is 0.0185. The first-order valence-electron chi connectivity index (χ1n) is 29.2. The third-order valence-electron chi connectivity index (χ3n) is 10.8. The van der Waals surface area contributed by atoms with E-state index in [-0.39, 0.29) is 17.4 Å². The zero-order chi connectivity index (χ0) is 58.4. The molecule has 0 aromatic heterocycles. The van der Waals surface area contributed by atoms with Crippen molar-refractivity contribution in [2.24, 2.45) is 5.41 Å². The molecule has 1 rings (SSSR count). The molecule has 0 amide bonds. The predicted octanol–water partition coefficient (Wildman–Crippen LogP) is 4.12. The zero-order valence-electron chi connectivity index (χ0n) is 50.6. The minimum absolute atomic E-state index is 0.0185. The second-order valence-corrected chi connectivity index (χ2v) is 19.6. The van der Waals surface area contributed by atoms with E-state index >= 15 is 0 Å². The van der Waals surface area contributed by atoms with Gasteiger partial charge in [-0.3, -0.25) is 0 Å². The molecule has 0 spiro atoms. The topological polar surface area (TPSA) is 223 Å². The van der Waals surface area contributed by atoms with E-state index in [1.807, 2.05) is 12.1 Å². The number of ether oxygens (including phenoxy) is 22. The summed E-state index contributed by atoms with van der Waals surface area (Å²) < 4.78 is 121. The Labute approximate surface area is 486 Å². The monoisotopic (exact) mass is 1170 g/mol. The van der Waals surface area contributed by atoms with Crippen molar-refractivity contribution in [3.63, 3.8) is 0 Å². The lowest BCUT2D eigenvalue weighted by Gasteiger charge is -2.33. The van der Waals surface area contributed by atoms with Crippen LogP contribution >= 0.6 is 0 Å². The second-order valence-electron chi connectivity index (χ2n) is 19.6. The number of rotatable bonds is 68. The van der Waals surface area contributed by atoms with Crippen molar-refractivity contribution in [3.05, 3.63) is 29.8 Å². The van der Waals surface area contributed by atoms with E-state index in [9.17, 15) is 0 Å². The van der Waals surface area contributed by atoms with Gasteiger partial charge < -0.3 is 109 Å². The van der Waals surface area contributed by atoms with E-state index in [0.717, 1.165) is 12.2 Å². The van der Waals surface area contributed by atoms with Crippen molar-refractivity contribution >= 4 is 0 Å². The smallest absolute Gasteiger partial charge is 0.119 e.